The first kappa shape index (κ1) is 15.7. The van der Waals surface area contributed by atoms with Gasteiger partial charge in [0.15, 0.2) is 0 Å². The highest BCUT2D eigenvalue weighted by Gasteiger charge is 2.26. The molecule has 0 aliphatic rings. The first-order valence-electron chi connectivity index (χ1n) is 6.27. The second-order valence-corrected chi connectivity index (χ2v) is 5.98. The van der Waals surface area contributed by atoms with Crippen LogP contribution in [0.5, 0.6) is 5.75 Å². The van der Waals surface area contributed by atoms with Gasteiger partial charge in [0, 0.05) is 10.2 Å². The highest BCUT2D eigenvalue weighted by Crippen LogP contribution is 2.31. The van der Waals surface area contributed by atoms with E-state index in [-0.39, 0.29) is 0 Å². The van der Waals surface area contributed by atoms with Gasteiger partial charge in [0.25, 0.3) is 0 Å². The summed E-state index contributed by atoms with van der Waals surface area (Å²) in [6.07, 6.45) is 0. The minimum atomic E-state index is -0.873. The minimum Gasteiger partial charge on any atom is -0.497 e. The van der Waals surface area contributed by atoms with Gasteiger partial charge in [-0.05, 0) is 58.7 Å². The van der Waals surface area contributed by atoms with Gasteiger partial charge in [0.1, 0.15) is 11.3 Å². The molecule has 1 unspecified atom stereocenters. The highest BCUT2D eigenvalue weighted by molar-refractivity contribution is 9.10. The summed E-state index contributed by atoms with van der Waals surface area (Å²) in [5.74, 6) is 0.716. The summed E-state index contributed by atoms with van der Waals surface area (Å²) in [6, 6.07) is 15.2. The van der Waals surface area contributed by atoms with Crippen molar-refractivity contribution >= 4 is 33.2 Å². The van der Waals surface area contributed by atoms with Crippen molar-refractivity contribution < 1.29 is 4.74 Å². The normalized spacial score (nSPS) is 13.1. The first-order valence-corrected chi connectivity index (χ1v) is 7.44. The third-order valence-electron chi connectivity index (χ3n) is 3.18. The highest BCUT2D eigenvalue weighted by atomic mass is 79.9. The van der Waals surface area contributed by atoms with E-state index in [0.29, 0.717) is 10.8 Å². The molecule has 0 radical (unpaired) electrons. The maximum absolute atomic E-state index is 9.60. The first-order chi connectivity index (χ1) is 9.98. The average Bonchev–Trinajstić information content (AvgIpc) is 2.51. The van der Waals surface area contributed by atoms with Gasteiger partial charge >= 0.3 is 0 Å². The van der Waals surface area contributed by atoms with Crippen molar-refractivity contribution in [2.45, 2.75) is 12.5 Å². The SMILES string of the molecule is COc1cccc(C(C)(C#N)Nc2ccc(Cl)c(Br)c2)c1. The Balaban J connectivity index is 2.36. The smallest absolute Gasteiger partial charge is 0.148 e. The van der Waals surface area contributed by atoms with Crippen molar-refractivity contribution in [3.8, 4) is 11.8 Å². The number of ether oxygens (including phenoxy) is 1. The Kier molecular flexibility index (Phi) is 4.76. The van der Waals surface area contributed by atoms with Gasteiger partial charge in [0.2, 0.25) is 0 Å². The maximum Gasteiger partial charge on any atom is 0.148 e. The van der Waals surface area contributed by atoms with Gasteiger partial charge in [-0.1, -0.05) is 23.7 Å². The third kappa shape index (κ3) is 3.49. The molecule has 0 amide bonds. The topological polar surface area (TPSA) is 45.0 Å². The van der Waals surface area contributed by atoms with Crippen LogP contribution in [0, 0.1) is 11.3 Å². The summed E-state index contributed by atoms with van der Waals surface area (Å²) in [4.78, 5) is 0. The molecule has 2 aromatic carbocycles. The van der Waals surface area contributed by atoms with Gasteiger partial charge in [0.05, 0.1) is 18.2 Å². The van der Waals surface area contributed by atoms with Crippen LogP contribution in [0.25, 0.3) is 0 Å². The number of hydrogen-bond donors (Lipinski definition) is 1. The van der Waals surface area contributed by atoms with Gasteiger partial charge in [-0.2, -0.15) is 5.26 Å². The quantitative estimate of drug-likeness (QED) is 0.832. The number of nitriles is 1. The van der Waals surface area contributed by atoms with Crippen LogP contribution >= 0.6 is 27.5 Å². The number of halogens is 2. The number of rotatable bonds is 4. The average molecular weight is 366 g/mol. The molecule has 2 aromatic rings. The molecule has 0 aliphatic carbocycles. The fourth-order valence-corrected chi connectivity index (χ4v) is 2.46. The van der Waals surface area contributed by atoms with Gasteiger partial charge in [-0.15, -0.1) is 0 Å². The molecule has 2 rings (SSSR count). The summed E-state index contributed by atoms with van der Waals surface area (Å²) >= 11 is 9.37. The Morgan fingerprint density at radius 3 is 2.67 bits per heavy atom. The van der Waals surface area contributed by atoms with E-state index < -0.39 is 5.54 Å². The Labute approximate surface area is 137 Å². The molecular formula is C16H14BrClN2O. The molecule has 5 heteroatoms. The minimum absolute atomic E-state index is 0.626. The number of hydrogen-bond acceptors (Lipinski definition) is 3. The molecule has 21 heavy (non-hydrogen) atoms. The second-order valence-electron chi connectivity index (χ2n) is 4.72. The number of nitrogens with zero attached hydrogens (tertiary/aromatic N) is 1. The molecule has 0 saturated heterocycles. The summed E-state index contributed by atoms with van der Waals surface area (Å²) in [6.45, 7) is 1.82. The number of methoxy groups -OCH3 is 1. The predicted octanol–water partition coefficient (Wildman–Crippen LogP) is 4.96. The van der Waals surface area contributed by atoms with Crippen molar-refractivity contribution in [3.05, 3.63) is 57.5 Å². The number of benzene rings is 2. The lowest BCUT2D eigenvalue weighted by Gasteiger charge is -2.25. The van der Waals surface area contributed by atoms with Crippen molar-refractivity contribution in [1.82, 2.24) is 0 Å². The van der Waals surface area contributed by atoms with Crippen molar-refractivity contribution in [2.75, 3.05) is 12.4 Å². The molecular weight excluding hydrogens is 352 g/mol. The largest absolute Gasteiger partial charge is 0.497 e. The molecule has 0 aliphatic heterocycles. The van der Waals surface area contributed by atoms with E-state index in [1.807, 2.05) is 43.3 Å². The Bertz CT molecular complexity index is 699. The maximum atomic E-state index is 9.60. The van der Waals surface area contributed by atoms with E-state index in [4.69, 9.17) is 16.3 Å². The standard InChI is InChI=1S/C16H14BrClN2O/c1-16(10-19,11-4-3-5-13(8-11)21-2)20-12-6-7-15(18)14(17)9-12/h3-9,20H,1-2H3. The Hall–Kier alpha value is -1.70. The monoisotopic (exact) mass is 364 g/mol. The van der Waals surface area contributed by atoms with Crippen LogP contribution < -0.4 is 10.1 Å². The van der Waals surface area contributed by atoms with Gasteiger partial charge < -0.3 is 10.1 Å². The zero-order valence-electron chi connectivity index (χ0n) is 11.7. The zero-order chi connectivity index (χ0) is 15.5. The number of anilines is 1. The molecule has 108 valence electrons. The second kappa shape index (κ2) is 6.38. The van der Waals surface area contributed by atoms with E-state index in [1.54, 1.807) is 13.2 Å². The van der Waals surface area contributed by atoms with Gasteiger partial charge in [-0.25, -0.2) is 0 Å². The molecule has 0 spiro atoms. The summed E-state index contributed by atoms with van der Waals surface area (Å²) in [5.41, 5.74) is 0.760. The lowest BCUT2D eigenvalue weighted by Crippen LogP contribution is -2.30. The fraction of sp³-hybridized carbons (Fsp3) is 0.188. The van der Waals surface area contributed by atoms with Crippen molar-refractivity contribution in [1.29, 1.82) is 5.26 Å². The van der Waals surface area contributed by atoms with Crippen molar-refractivity contribution in [3.63, 3.8) is 0 Å². The molecule has 1 atom stereocenters. The van der Waals surface area contributed by atoms with Gasteiger partial charge in [-0.3, -0.25) is 0 Å². The van der Waals surface area contributed by atoms with Crippen LogP contribution in [0.15, 0.2) is 46.9 Å². The van der Waals surface area contributed by atoms with Crippen molar-refractivity contribution in [2.24, 2.45) is 0 Å². The van der Waals surface area contributed by atoms with E-state index in [2.05, 4.69) is 27.3 Å². The summed E-state index contributed by atoms with van der Waals surface area (Å²) in [5, 5.41) is 13.5. The van der Waals surface area contributed by atoms with Crippen LogP contribution in [0.1, 0.15) is 12.5 Å². The lowest BCUT2D eigenvalue weighted by atomic mass is 9.93. The zero-order valence-corrected chi connectivity index (χ0v) is 14.0. The molecule has 1 N–H and O–H groups in total. The molecule has 0 aromatic heterocycles. The van der Waals surface area contributed by atoms with Crippen LogP contribution in [-0.4, -0.2) is 7.11 Å². The third-order valence-corrected chi connectivity index (χ3v) is 4.40. The molecule has 3 nitrogen and oxygen atoms in total. The van der Waals surface area contributed by atoms with Crippen LogP contribution in [0.3, 0.4) is 0 Å². The fourth-order valence-electron chi connectivity index (χ4n) is 1.96. The molecule has 0 heterocycles. The van der Waals surface area contributed by atoms with E-state index >= 15 is 0 Å². The Morgan fingerprint density at radius 1 is 1.29 bits per heavy atom. The lowest BCUT2D eigenvalue weighted by molar-refractivity contribution is 0.413. The summed E-state index contributed by atoms with van der Waals surface area (Å²) < 4.78 is 6.00. The van der Waals surface area contributed by atoms with Crippen LogP contribution in [0.4, 0.5) is 5.69 Å². The van der Waals surface area contributed by atoms with E-state index in [9.17, 15) is 5.26 Å². The molecule has 0 saturated carbocycles. The Morgan fingerprint density at radius 2 is 2.05 bits per heavy atom. The van der Waals surface area contributed by atoms with Crippen LogP contribution in [0.2, 0.25) is 5.02 Å². The molecule has 0 fully saturated rings. The summed E-state index contributed by atoms with van der Waals surface area (Å²) in [7, 11) is 1.60. The van der Waals surface area contributed by atoms with E-state index in [0.717, 1.165) is 15.7 Å². The molecule has 0 bridgehead atoms. The predicted molar refractivity (Wildman–Crippen MR) is 88.7 cm³/mol. The number of nitrogens with one attached hydrogen (secondary N) is 1. The van der Waals surface area contributed by atoms with E-state index in [1.165, 1.54) is 0 Å². The van der Waals surface area contributed by atoms with Crippen LogP contribution in [-0.2, 0) is 5.54 Å².